The summed E-state index contributed by atoms with van der Waals surface area (Å²) in [7, 11) is 0. The molecule has 0 atom stereocenters. The Morgan fingerprint density at radius 3 is 2.94 bits per heavy atom. The Balaban J connectivity index is 2.42. The molecule has 5 nitrogen and oxygen atoms in total. The van der Waals surface area contributed by atoms with Gasteiger partial charge in [-0.25, -0.2) is 4.68 Å². The van der Waals surface area contributed by atoms with E-state index < -0.39 is 5.97 Å². The van der Waals surface area contributed by atoms with Crippen LogP contribution in [0, 0.1) is 0 Å². The summed E-state index contributed by atoms with van der Waals surface area (Å²) < 4.78 is 2.22. The minimum atomic E-state index is -0.934. The van der Waals surface area contributed by atoms with Gasteiger partial charge in [0.25, 0.3) is 0 Å². The number of hydrogen-bond acceptors (Lipinski definition) is 3. The third kappa shape index (κ3) is 2.65. The average Bonchev–Trinajstić information content (AvgIpc) is 2.69. The van der Waals surface area contributed by atoms with Crippen LogP contribution in [-0.2, 0) is 11.2 Å². The molecule has 0 aliphatic carbocycles. The van der Waals surface area contributed by atoms with Gasteiger partial charge in [0.1, 0.15) is 0 Å². The van der Waals surface area contributed by atoms with Gasteiger partial charge >= 0.3 is 5.97 Å². The number of aliphatic carboxylic acids is 1. The second kappa shape index (κ2) is 4.85. The molecule has 0 spiro atoms. The predicted octanol–water partition coefficient (Wildman–Crippen LogP) is 2.31. The van der Waals surface area contributed by atoms with Crippen LogP contribution in [0.5, 0.6) is 0 Å². The van der Waals surface area contributed by atoms with E-state index >= 15 is 0 Å². The zero-order valence-corrected chi connectivity index (χ0v) is 10.8. The lowest BCUT2D eigenvalue weighted by Gasteiger charge is -2.05. The molecule has 17 heavy (non-hydrogen) atoms. The molecule has 0 aliphatic heterocycles. The SMILES string of the molecule is O=C(O)Cc1cnnn1-c1ccc(Br)c(Cl)c1. The molecule has 2 aromatic rings. The van der Waals surface area contributed by atoms with Crippen molar-refractivity contribution < 1.29 is 9.90 Å². The molecule has 0 saturated carbocycles. The van der Waals surface area contributed by atoms with E-state index in [0.29, 0.717) is 16.4 Å². The molecule has 0 fully saturated rings. The molecule has 0 aliphatic rings. The number of carboxylic acids is 1. The summed E-state index contributed by atoms with van der Waals surface area (Å²) in [6, 6.07) is 5.23. The molecular weight excluding hydrogens is 309 g/mol. The van der Waals surface area contributed by atoms with Crippen molar-refractivity contribution in [2.45, 2.75) is 6.42 Å². The van der Waals surface area contributed by atoms with Gasteiger partial charge in [-0.05, 0) is 34.1 Å². The fourth-order valence-electron chi connectivity index (χ4n) is 1.37. The fraction of sp³-hybridized carbons (Fsp3) is 0.100. The van der Waals surface area contributed by atoms with Crippen molar-refractivity contribution in [2.24, 2.45) is 0 Å². The maximum absolute atomic E-state index is 10.7. The van der Waals surface area contributed by atoms with Crippen LogP contribution >= 0.6 is 27.5 Å². The van der Waals surface area contributed by atoms with E-state index in [0.717, 1.165) is 4.47 Å². The largest absolute Gasteiger partial charge is 0.481 e. The summed E-state index contributed by atoms with van der Waals surface area (Å²) in [5.74, 6) is -0.934. The number of benzene rings is 1. The highest BCUT2D eigenvalue weighted by Gasteiger charge is 2.10. The number of nitrogens with zero attached hydrogens (tertiary/aromatic N) is 3. The molecule has 2 rings (SSSR count). The molecule has 0 radical (unpaired) electrons. The number of carboxylic acid groups (broad SMARTS) is 1. The van der Waals surface area contributed by atoms with Crippen LogP contribution in [0.25, 0.3) is 5.69 Å². The molecule has 0 unspecified atom stereocenters. The first kappa shape index (κ1) is 12.1. The number of aromatic nitrogens is 3. The minimum absolute atomic E-state index is 0.138. The van der Waals surface area contributed by atoms with E-state index in [1.54, 1.807) is 18.2 Å². The zero-order valence-electron chi connectivity index (χ0n) is 8.47. The molecule has 1 aromatic heterocycles. The Hall–Kier alpha value is -1.40. The standard InChI is InChI=1S/C10H7BrClN3O2/c11-8-2-1-6(3-9(8)12)15-7(4-10(16)17)5-13-14-15/h1-3,5H,4H2,(H,16,17). The van der Waals surface area contributed by atoms with Gasteiger partial charge in [0.15, 0.2) is 0 Å². The van der Waals surface area contributed by atoms with Gasteiger partial charge in [-0.3, -0.25) is 4.79 Å². The van der Waals surface area contributed by atoms with Crippen LogP contribution in [0.3, 0.4) is 0 Å². The van der Waals surface area contributed by atoms with Gasteiger partial charge < -0.3 is 5.11 Å². The molecule has 88 valence electrons. The third-order valence-corrected chi connectivity index (χ3v) is 3.33. The molecule has 7 heteroatoms. The van der Waals surface area contributed by atoms with Crippen molar-refractivity contribution in [1.29, 1.82) is 0 Å². The van der Waals surface area contributed by atoms with E-state index in [-0.39, 0.29) is 6.42 Å². The normalized spacial score (nSPS) is 10.5. The smallest absolute Gasteiger partial charge is 0.309 e. The van der Waals surface area contributed by atoms with Crippen molar-refractivity contribution in [3.8, 4) is 5.69 Å². The minimum Gasteiger partial charge on any atom is -0.481 e. The lowest BCUT2D eigenvalue weighted by atomic mass is 10.3. The van der Waals surface area contributed by atoms with Gasteiger partial charge in [-0.15, -0.1) is 5.10 Å². The van der Waals surface area contributed by atoms with Gasteiger partial charge in [-0.2, -0.15) is 0 Å². The Labute approximate surface area is 110 Å². The second-order valence-electron chi connectivity index (χ2n) is 3.31. The van der Waals surface area contributed by atoms with Crippen LogP contribution in [0.15, 0.2) is 28.9 Å². The fourth-order valence-corrected chi connectivity index (χ4v) is 1.79. The third-order valence-electron chi connectivity index (χ3n) is 2.10. The van der Waals surface area contributed by atoms with Gasteiger partial charge in [0, 0.05) is 4.47 Å². The highest BCUT2D eigenvalue weighted by molar-refractivity contribution is 9.10. The highest BCUT2D eigenvalue weighted by atomic mass is 79.9. The lowest BCUT2D eigenvalue weighted by Crippen LogP contribution is -2.07. The summed E-state index contributed by atoms with van der Waals surface area (Å²) >= 11 is 9.24. The van der Waals surface area contributed by atoms with Crippen molar-refractivity contribution in [3.05, 3.63) is 39.6 Å². The summed E-state index contributed by atoms with van der Waals surface area (Å²) in [5.41, 5.74) is 1.17. The van der Waals surface area contributed by atoms with E-state index in [2.05, 4.69) is 26.2 Å². The quantitative estimate of drug-likeness (QED) is 0.943. The van der Waals surface area contributed by atoms with Crippen molar-refractivity contribution in [3.63, 3.8) is 0 Å². The first-order valence-corrected chi connectivity index (χ1v) is 5.82. The van der Waals surface area contributed by atoms with Crippen LogP contribution in [0.1, 0.15) is 5.69 Å². The number of rotatable bonds is 3. The van der Waals surface area contributed by atoms with E-state index in [4.69, 9.17) is 16.7 Å². The molecule has 1 aromatic carbocycles. The Kier molecular flexibility index (Phi) is 3.44. The highest BCUT2D eigenvalue weighted by Crippen LogP contribution is 2.25. The number of carbonyl (C=O) groups is 1. The lowest BCUT2D eigenvalue weighted by molar-refractivity contribution is -0.136. The van der Waals surface area contributed by atoms with Gasteiger partial charge in [-0.1, -0.05) is 16.8 Å². The van der Waals surface area contributed by atoms with Gasteiger partial charge in [0.2, 0.25) is 0 Å². The first-order chi connectivity index (χ1) is 8.08. The van der Waals surface area contributed by atoms with Crippen LogP contribution in [-0.4, -0.2) is 26.1 Å². The van der Waals surface area contributed by atoms with E-state index in [1.165, 1.54) is 10.9 Å². The topological polar surface area (TPSA) is 68.0 Å². The molecule has 1 heterocycles. The van der Waals surface area contributed by atoms with Crippen LogP contribution in [0.2, 0.25) is 5.02 Å². The molecule has 0 amide bonds. The van der Waals surface area contributed by atoms with Crippen LogP contribution < -0.4 is 0 Å². The Bertz CT molecular complexity index is 570. The number of hydrogen-bond donors (Lipinski definition) is 1. The maximum atomic E-state index is 10.7. The van der Waals surface area contributed by atoms with Gasteiger partial charge in [0.05, 0.1) is 29.0 Å². The second-order valence-corrected chi connectivity index (χ2v) is 4.57. The molecule has 0 saturated heterocycles. The summed E-state index contributed by atoms with van der Waals surface area (Å²) in [4.78, 5) is 10.7. The van der Waals surface area contributed by atoms with Crippen LogP contribution in [0.4, 0.5) is 0 Å². The number of halogens is 2. The molecule has 0 bridgehead atoms. The zero-order chi connectivity index (χ0) is 12.4. The monoisotopic (exact) mass is 315 g/mol. The van der Waals surface area contributed by atoms with E-state index in [1.807, 2.05) is 0 Å². The van der Waals surface area contributed by atoms with E-state index in [9.17, 15) is 4.79 Å². The Morgan fingerprint density at radius 2 is 2.29 bits per heavy atom. The summed E-state index contributed by atoms with van der Waals surface area (Å²) in [6.07, 6.45) is 1.28. The first-order valence-electron chi connectivity index (χ1n) is 4.64. The molecule has 1 N–H and O–H groups in total. The van der Waals surface area contributed by atoms with Crippen molar-refractivity contribution in [1.82, 2.24) is 15.0 Å². The predicted molar refractivity (Wildman–Crippen MR) is 65.4 cm³/mol. The summed E-state index contributed by atoms with van der Waals surface area (Å²) in [5, 5.41) is 16.8. The molecular formula is C10H7BrClN3O2. The maximum Gasteiger partial charge on any atom is 0.309 e. The average molecular weight is 317 g/mol. The Morgan fingerprint density at radius 1 is 1.53 bits per heavy atom. The van der Waals surface area contributed by atoms with Crippen molar-refractivity contribution >= 4 is 33.5 Å². The summed E-state index contributed by atoms with van der Waals surface area (Å²) in [6.45, 7) is 0. The van der Waals surface area contributed by atoms with Crippen molar-refractivity contribution in [2.75, 3.05) is 0 Å².